The fourth-order valence-corrected chi connectivity index (χ4v) is 4.40. The van der Waals surface area contributed by atoms with Gasteiger partial charge in [-0.25, -0.2) is 9.97 Å². The molecule has 0 aromatic carbocycles. The van der Waals surface area contributed by atoms with Crippen molar-refractivity contribution in [2.45, 2.75) is 43.8 Å². The number of hydrogen-bond acceptors (Lipinski definition) is 7. The topological polar surface area (TPSA) is 137 Å². The summed E-state index contributed by atoms with van der Waals surface area (Å²) in [4.78, 5) is 33.9. The summed E-state index contributed by atoms with van der Waals surface area (Å²) in [5, 5.41) is 9.57. The minimum Gasteiger partial charge on any atom is -0.384 e. The number of fused-ring (bicyclic) bond motifs is 2. The number of carbonyl (C=O) groups is 1. The number of anilines is 3. The van der Waals surface area contributed by atoms with E-state index in [-0.39, 0.29) is 17.0 Å². The summed E-state index contributed by atoms with van der Waals surface area (Å²) < 4.78 is 1.66. The molecule has 0 bridgehead atoms. The highest BCUT2D eigenvalue weighted by Gasteiger charge is 2.54. The second-order valence-electron chi connectivity index (χ2n) is 7.80. The normalized spacial score (nSPS) is 28.3. The third-order valence-corrected chi connectivity index (χ3v) is 6.04. The van der Waals surface area contributed by atoms with Gasteiger partial charge in [-0.3, -0.25) is 14.2 Å². The molecule has 2 aromatic rings. The minimum absolute atomic E-state index is 0.179. The van der Waals surface area contributed by atoms with Crippen LogP contribution in [0.1, 0.15) is 41.7 Å². The summed E-state index contributed by atoms with van der Waals surface area (Å²) >= 11 is 0. The molecule has 0 atom stereocenters. The SMILES string of the molecule is Cc1cc(Nc2cc(N)ncn2)c(=O)n2c1C(=O)NC21CCC2(CC1)CN2. The first-order valence-corrected chi connectivity index (χ1v) is 9.11. The molecule has 1 saturated carbocycles. The lowest BCUT2D eigenvalue weighted by Gasteiger charge is -2.38. The third kappa shape index (κ3) is 2.42. The first kappa shape index (κ1) is 16.2. The van der Waals surface area contributed by atoms with E-state index >= 15 is 0 Å². The highest BCUT2D eigenvalue weighted by Crippen LogP contribution is 2.44. The van der Waals surface area contributed by atoms with E-state index in [4.69, 9.17) is 5.73 Å². The maximum Gasteiger partial charge on any atom is 0.276 e. The lowest BCUT2D eigenvalue weighted by molar-refractivity contribution is 0.0857. The standard InChI is InChI=1S/C18H21N7O2/c1-10-6-11(23-13-7-12(19)20-9-21-13)16(27)25-14(10)15(26)24-18(25)4-2-17(3-5-18)8-22-17/h6-7,9,22H,2-5,8H2,1H3,(H,24,26)(H3,19,20,21,23). The molecular weight excluding hydrogens is 346 g/mol. The lowest BCUT2D eigenvalue weighted by Crippen LogP contribution is -2.51. The van der Waals surface area contributed by atoms with Gasteiger partial charge in [-0.2, -0.15) is 0 Å². The van der Waals surface area contributed by atoms with Gasteiger partial charge in [-0.1, -0.05) is 0 Å². The lowest BCUT2D eigenvalue weighted by atomic mass is 9.81. The smallest absolute Gasteiger partial charge is 0.276 e. The molecule has 0 radical (unpaired) electrons. The van der Waals surface area contributed by atoms with Crippen molar-refractivity contribution in [2.24, 2.45) is 0 Å². The summed E-state index contributed by atoms with van der Waals surface area (Å²) in [5.41, 5.74) is 6.60. The first-order chi connectivity index (χ1) is 12.9. The maximum absolute atomic E-state index is 13.3. The molecule has 1 saturated heterocycles. The van der Waals surface area contributed by atoms with Crippen molar-refractivity contribution in [3.05, 3.63) is 40.1 Å². The number of carbonyl (C=O) groups excluding carboxylic acids is 1. The molecule has 5 N–H and O–H groups in total. The van der Waals surface area contributed by atoms with Gasteiger partial charge in [-0.05, 0) is 44.2 Å². The molecule has 2 spiro atoms. The second-order valence-corrected chi connectivity index (χ2v) is 7.80. The van der Waals surface area contributed by atoms with Crippen LogP contribution in [0.25, 0.3) is 0 Å². The maximum atomic E-state index is 13.3. The molecule has 0 unspecified atom stereocenters. The van der Waals surface area contributed by atoms with Crippen LogP contribution in [0.3, 0.4) is 0 Å². The van der Waals surface area contributed by atoms with Gasteiger partial charge in [0.15, 0.2) is 0 Å². The molecular formula is C18H21N7O2. The summed E-state index contributed by atoms with van der Waals surface area (Å²) in [6.07, 6.45) is 4.70. The molecule has 2 fully saturated rings. The predicted molar refractivity (Wildman–Crippen MR) is 99.8 cm³/mol. The number of amides is 1. The highest BCUT2D eigenvalue weighted by molar-refractivity contribution is 5.97. The van der Waals surface area contributed by atoms with Crippen molar-refractivity contribution in [3.63, 3.8) is 0 Å². The first-order valence-electron chi connectivity index (χ1n) is 9.11. The van der Waals surface area contributed by atoms with Crippen molar-refractivity contribution in [3.8, 4) is 0 Å². The molecule has 27 heavy (non-hydrogen) atoms. The van der Waals surface area contributed by atoms with Crippen molar-refractivity contribution >= 4 is 23.2 Å². The van der Waals surface area contributed by atoms with E-state index in [1.807, 2.05) is 6.92 Å². The molecule has 9 heteroatoms. The van der Waals surface area contributed by atoms with Gasteiger partial charge in [0.1, 0.15) is 35.0 Å². The Labute approximate surface area is 155 Å². The van der Waals surface area contributed by atoms with Crippen molar-refractivity contribution in [1.29, 1.82) is 0 Å². The number of rotatable bonds is 2. The van der Waals surface area contributed by atoms with Crippen LogP contribution < -0.4 is 27.2 Å². The molecule has 4 heterocycles. The van der Waals surface area contributed by atoms with Gasteiger partial charge in [0.05, 0.1) is 0 Å². The summed E-state index contributed by atoms with van der Waals surface area (Å²) in [7, 11) is 0. The predicted octanol–water partition coefficient (Wildman–Crippen LogP) is 0.585. The number of aryl methyl sites for hydroxylation is 1. The van der Waals surface area contributed by atoms with E-state index in [2.05, 4.69) is 25.9 Å². The van der Waals surface area contributed by atoms with E-state index in [1.165, 1.54) is 6.33 Å². The number of aromatic nitrogens is 3. The van der Waals surface area contributed by atoms with E-state index in [0.29, 0.717) is 23.0 Å². The molecule has 2 aliphatic heterocycles. The average molecular weight is 367 g/mol. The van der Waals surface area contributed by atoms with Crippen LogP contribution in [0.2, 0.25) is 0 Å². The highest BCUT2D eigenvalue weighted by atomic mass is 16.2. The molecule has 9 nitrogen and oxygen atoms in total. The van der Waals surface area contributed by atoms with Crippen molar-refractivity contribution in [2.75, 3.05) is 17.6 Å². The fraction of sp³-hybridized carbons (Fsp3) is 0.444. The zero-order valence-electron chi connectivity index (χ0n) is 15.0. The average Bonchev–Trinajstić information content (AvgIpc) is 3.33. The number of pyridine rings is 1. The number of nitrogens with one attached hydrogen (secondary N) is 3. The van der Waals surface area contributed by atoms with Crippen LogP contribution >= 0.6 is 0 Å². The Balaban J connectivity index is 1.59. The van der Waals surface area contributed by atoms with Gasteiger partial charge in [-0.15, -0.1) is 0 Å². The van der Waals surface area contributed by atoms with Gasteiger partial charge in [0.25, 0.3) is 11.5 Å². The third-order valence-electron chi connectivity index (χ3n) is 6.04. The summed E-state index contributed by atoms with van der Waals surface area (Å²) in [5.74, 6) is 0.575. The molecule has 2 aromatic heterocycles. The number of nitrogens with two attached hydrogens (primary N) is 1. The van der Waals surface area contributed by atoms with E-state index in [1.54, 1.807) is 16.7 Å². The fourth-order valence-electron chi connectivity index (χ4n) is 4.40. The van der Waals surface area contributed by atoms with Crippen molar-refractivity contribution in [1.82, 2.24) is 25.2 Å². The molecule has 1 amide bonds. The van der Waals surface area contributed by atoms with E-state index in [0.717, 1.165) is 37.8 Å². The summed E-state index contributed by atoms with van der Waals surface area (Å²) in [6.45, 7) is 2.87. The monoisotopic (exact) mass is 367 g/mol. The Bertz CT molecular complexity index is 1010. The van der Waals surface area contributed by atoms with Gasteiger partial charge >= 0.3 is 0 Å². The zero-order chi connectivity index (χ0) is 18.8. The number of hydrogen-bond donors (Lipinski definition) is 4. The second kappa shape index (κ2) is 5.29. The quantitative estimate of drug-likeness (QED) is 0.570. The van der Waals surface area contributed by atoms with Crippen LogP contribution in [0.4, 0.5) is 17.3 Å². The van der Waals surface area contributed by atoms with E-state index < -0.39 is 5.66 Å². The summed E-state index contributed by atoms with van der Waals surface area (Å²) in [6, 6.07) is 3.26. The Kier molecular flexibility index (Phi) is 3.18. The van der Waals surface area contributed by atoms with Gasteiger partial charge < -0.3 is 21.7 Å². The zero-order valence-corrected chi connectivity index (χ0v) is 15.0. The molecule has 3 aliphatic rings. The Morgan fingerprint density at radius 1 is 1.19 bits per heavy atom. The molecule has 5 rings (SSSR count). The Hall–Kier alpha value is -2.94. The molecule has 140 valence electrons. The van der Waals surface area contributed by atoms with Gasteiger partial charge in [0.2, 0.25) is 0 Å². The largest absolute Gasteiger partial charge is 0.384 e. The van der Waals surface area contributed by atoms with Crippen molar-refractivity contribution < 1.29 is 4.79 Å². The van der Waals surface area contributed by atoms with Crippen LogP contribution in [0.15, 0.2) is 23.3 Å². The Morgan fingerprint density at radius 2 is 1.93 bits per heavy atom. The Morgan fingerprint density at radius 3 is 2.59 bits per heavy atom. The number of nitrogen functional groups attached to an aromatic ring is 1. The van der Waals surface area contributed by atoms with E-state index in [9.17, 15) is 9.59 Å². The van der Waals surface area contributed by atoms with Crippen LogP contribution in [0, 0.1) is 6.92 Å². The van der Waals surface area contributed by atoms with Crippen LogP contribution in [-0.2, 0) is 5.66 Å². The number of nitrogens with zero attached hydrogens (tertiary/aromatic N) is 3. The van der Waals surface area contributed by atoms with Gasteiger partial charge in [0, 0.05) is 18.2 Å². The van der Waals surface area contributed by atoms with Crippen LogP contribution in [-0.4, -0.2) is 32.5 Å². The van der Waals surface area contributed by atoms with Crippen LogP contribution in [0.5, 0.6) is 0 Å². The molecule has 1 aliphatic carbocycles. The minimum atomic E-state index is -0.647.